The van der Waals surface area contributed by atoms with Crippen molar-refractivity contribution >= 4 is 43.6 Å². The normalized spacial score (nSPS) is 12.4. The molecular formula is C38H20F6N4. The van der Waals surface area contributed by atoms with Crippen LogP contribution in [0.15, 0.2) is 121 Å². The highest BCUT2D eigenvalue weighted by Crippen LogP contribution is 2.41. The lowest BCUT2D eigenvalue weighted by atomic mass is 9.99. The first kappa shape index (κ1) is 29.3. The molecule has 0 amide bonds. The molecular weight excluding hydrogens is 626 g/mol. The molecule has 0 unspecified atom stereocenters. The third kappa shape index (κ3) is 4.50. The fourth-order valence-corrected chi connectivity index (χ4v) is 6.57. The molecule has 8 rings (SSSR count). The zero-order valence-corrected chi connectivity index (χ0v) is 24.6. The first-order valence-corrected chi connectivity index (χ1v) is 14.8. The molecule has 8 aromatic rings. The second-order valence-corrected chi connectivity index (χ2v) is 11.4. The van der Waals surface area contributed by atoms with Gasteiger partial charge in [0, 0.05) is 32.7 Å². The van der Waals surface area contributed by atoms with Gasteiger partial charge in [0.25, 0.3) is 0 Å². The molecule has 0 saturated heterocycles. The van der Waals surface area contributed by atoms with Crippen molar-refractivity contribution in [3.8, 4) is 28.7 Å². The number of nitriles is 1. The van der Waals surface area contributed by atoms with Crippen LogP contribution < -0.4 is 0 Å². The lowest BCUT2D eigenvalue weighted by molar-refractivity contribution is -0.138. The lowest BCUT2D eigenvalue weighted by Crippen LogP contribution is -2.06. The molecule has 0 bridgehead atoms. The second kappa shape index (κ2) is 10.5. The molecule has 0 saturated carbocycles. The van der Waals surface area contributed by atoms with E-state index < -0.39 is 23.5 Å². The SMILES string of the molecule is N#Cc1ccccc1-c1cc(-n2c3ccccc3c3cc(C(F)(F)F)ccc32)ncc1-n1c2ccccc2c2cc(C(F)(F)F)ccc21. The summed E-state index contributed by atoms with van der Waals surface area (Å²) in [6, 6.07) is 32.3. The number of hydrogen-bond acceptors (Lipinski definition) is 2. The summed E-state index contributed by atoms with van der Waals surface area (Å²) in [7, 11) is 0. The molecule has 234 valence electrons. The maximum Gasteiger partial charge on any atom is 0.416 e. The van der Waals surface area contributed by atoms with Gasteiger partial charge in [-0.25, -0.2) is 4.98 Å². The molecule has 0 atom stereocenters. The molecule has 10 heteroatoms. The van der Waals surface area contributed by atoms with Crippen LogP contribution in [0.1, 0.15) is 16.7 Å². The zero-order chi connectivity index (χ0) is 33.4. The Labute approximate surface area is 268 Å². The van der Waals surface area contributed by atoms with Crippen molar-refractivity contribution in [3.05, 3.63) is 138 Å². The van der Waals surface area contributed by atoms with E-state index in [-0.39, 0.29) is 0 Å². The lowest BCUT2D eigenvalue weighted by Gasteiger charge is -2.17. The highest BCUT2D eigenvalue weighted by Gasteiger charge is 2.32. The number of nitrogens with zero attached hydrogens (tertiary/aromatic N) is 4. The Hall–Kier alpha value is -6.08. The van der Waals surface area contributed by atoms with E-state index in [1.54, 1.807) is 83.6 Å². The number of benzene rings is 5. The summed E-state index contributed by atoms with van der Waals surface area (Å²) in [5.74, 6) is 0.382. The van der Waals surface area contributed by atoms with Crippen LogP contribution in [-0.2, 0) is 12.4 Å². The van der Waals surface area contributed by atoms with Crippen molar-refractivity contribution in [2.24, 2.45) is 0 Å². The Bertz CT molecular complexity index is 2620. The fourth-order valence-electron chi connectivity index (χ4n) is 6.57. The van der Waals surface area contributed by atoms with E-state index in [2.05, 4.69) is 6.07 Å². The highest BCUT2D eigenvalue weighted by atomic mass is 19.4. The van der Waals surface area contributed by atoms with Crippen LogP contribution in [0.3, 0.4) is 0 Å². The van der Waals surface area contributed by atoms with Gasteiger partial charge in [-0.2, -0.15) is 31.6 Å². The smallest absolute Gasteiger partial charge is 0.307 e. The Morgan fingerprint density at radius 1 is 0.521 bits per heavy atom. The maximum absolute atomic E-state index is 13.8. The van der Waals surface area contributed by atoms with Crippen LogP contribution >= 0.6 is 0 Å². The van der Waals surface area contributed by atoms with Crippen LogP contribution in [-0.4, -0.2) is 14.1 Å². The quantitative estimate of drug-likeness (QED) is 0.179. The first-order chi connectivity index (χ1) is 23.0. The molecule has 0 spiro atoms. The third-order valence-corrected chi connectivity index (χ3v) is 8.68. The van der Waals surface area contributed by atoms with Crippen molar-refractivity contribution in [1.82, 2.24) is 14.1 Å². The minimum Gasteiger partial charge on any atom is -0.307 e. The molecule has 3 heterocycles. The summed E-state index contributed by atoms with van der Waals surface area (Å²) in [4.78, 5) is 4.82. The van der Waals surface area contributed by atoms with Gasteiger partial charge in [0.05, 0.1) is 56.7 Å². The third-order valence-electron chi connectivity index (χ3n) is 8.68. The number of hydrogen-bond donors (Lipinski definition) is 0. The van der Waals surface area contributed by atoms with Gasteiger partial charge in [-0.05, 0) is 60.7 Å². The summed E-state index contributed by atoms with van der Waals surface area (Å²) < 4.78 is 86.2. The Morgan fingerprint density at radius 3 is 1.60 bits per heavy atom. The van der Waals surface area contributed by atoms with Crippen molar-refractivity contribution in [1.29, 1.82) is 5.26 Å². The molecule has 3 aromatic heterocycles. The molecule has 0 radical (unpaired) electrons. The number of fused-ring (bicyclic) bond motifs is 6. The number of halogens is 6. The van der Waals surface area contributed by atoms with Crippen molar-refractivity contribution < 1.29 is 26.3 Å². The van der Waals surface area contributed by atoms with Gasteiger partial charge in [-0.15, -0.1) is 0 Å². The van der Waals surface area contributed by atoms with E-state index >= 15 is 0 Å². The largest absolute Gasteiger partial charge is 0.416 e. The number of aromatic nitrogens is 3. The average molecular weight is 647 g/mol. The van der Waals surface area contributed by atoms with Gasteiger partial charge in [0.1, 0.15) is 5.82 Å². The van der Waals surface area contributed by atoms with Crippen LogP contribution in [0.5, 0.6) is 0 Å². The summed E-state index contributed by atoms with van der Waals surface area (Å²) in [5.41, 5.74) is 2.68. The fraction of sp³-hybridized carbons (Fsp3) is 0.0526. The predicted molar refractivity (Wildman–Crippen MR) is 173 cm³/mol. The Kier molecular flexibility index (Phi) is 6.40. The maximum atomic E-state index is 13.8. The van der Waals surface area contributed by atoms with E-state index in [9.17, 15) is 31.6 Å². The van der Waals surface area contributed by atoms with Crippen LogP contribution in [0.2, 0.25) is 0 Å². The van der Waals surface area contributed by atoms with E-state index in [0.29, 0.717) is 71.8 Å². The molecule has 4 nitrogen and oxygen atoms in total. The Balaban J connectivity index is 1.46. The van der Waals surface area contributed by atoms with Gasteiger partial charge in [0.15, 0.2) is 0 Å². The summed E-state index contributed by atoms with van der Waals surface area (Å²) in [5, 5.41) is 12.1. The van der Waals surface area contributed by atoms with Gasteiger partial charge in [-0.3, -0.25) is 4.57 Å². The molecule has 0 aliphatic rings. The molecule has 0 fully saturated rings. The molecule has 48 heavy (non-hydrogen) atoms. The van der Waals surface area contributed by atoms with E-state index in [1.807, 2.05) is 10.6 Å². The van der Waals surface area contributed by atoms with Gasteiger partial charge >= 0.3 is 12.4 Å². The molecule has 0 N–H and O–H groups in total. The number of rotatable bonds is 3. The van der Waals surface area contributed by atoms with Gasteiger partial charge in [0.2, 0.25) is 0 Å². The van der Waals surface area contributed by atoms with E-state index in [4.69, 9.17) is 4.98 Å². The first-order valence-electron chi connectivity index (χ1n) is 14.8. The monoisotopic (exact) mass is 646 g/mol. The minimum atomic E-state index is -4.54. The zero-order valence-electron chi connectivity index (χ0n) is 24.6. The average Bonchev–Trinajstić information content (AvgIpc) is 3.59. The molecule has 0 aliphatic carbocycles. The predicted octanol–water partition coefficient (Wildman–Crippen LogP) is 10.9. The number of para-hydroxylation sites is 2. The summed E-state index contributed by atoms with van der Waals surface area (Å²) >= 11 is 0. The standard InChI is InChI=1S/C38H20F6N4/c39-37(40,41)23-13-15-33-28(17-23)26-9-3-5-11-31(26)47(33)35-21-46-36(19-30(35)25-8-2-1-7-22(25)20-45)48-32-12-6-4-10-27(32)29-18-24(38(42,43)44)14-16-34(29)48/h1-19,21H. The van der Waals surface area contributed by atoms with Crippen LogP contribution in [0.25, 0.3) is 66.2 Å². The van der Waals surface area contributed by atoms with E-state index in [0.717, 1.165) is 24.3 Å². The van der Waals surface area contributed by atoms with Crippen LogP contribution in [0.4, 0.5) is 26.3 Å². The topological polar surface area (TPSA) is 46.5 Å². The molecule has 5 aromatic carbocycles. The summed E-state index contributed by atoms with van der Waals surface area (Å²) in [6.07, 6.45) is -7.48. The van der Waals surface area contributed by atoms with Crippen molar-refractivity contribution in [3.63, 3.8) is 0 Å². The van der Waals surface area contributed by atoms with Crippen molar-refractivity contribution in [2.45, 2.75) is 12.4 Å². The number of pyridine rings is 1. The number of alkyl halides is 6. The minimum absolute atomic E-state index is 0.355. The van der Waals surface area contributed by atoms with Crippen LogP contribution in [0, 0.1) is 11.3 Å². The van der Waals surface area contributed by atoms with Gasteiger partial charge < -0.3 is 4.57 Å². The summed E-state index contributed by atoms with van der Waals surface area (Å²) in [6.45, 7) is 0. The second-order valence-electron chi connectivity index (χ2n) is 11.4. The van der Waals surface area contributed by atoms with E-state index in [1.165, 1.54) is 12.1 Å². The van der Waals surface area contributed by atoms with Crippen molar-refractivity contribution in [2.75, 3.05) is 0 Å². The Morgan fingerprint density at radius 2 is 1.02 bits per heavy atom. The molecule has 0 aliphatic heterocycles. The highest BCUT2D eigenvalue weighted by molar-refractivity contribution is 6.11. The van der Waals surface area contributed by atoms with Gasteiger partial charge in [-0.1, -0.05) is 54.6 Å².